The fraction of sp³-hybridized carbons (Fsp3) is 0.200. The first-order valence-corrected chi connectivity index (χ1v) is 13.8. The van der Waals surface area contributed by atoms with Crippen molar-refractivity contribution < 1.29 is 24.1 Å². The van der Waals surface area contributed by atoms with Crippen molar-refractivity contribution in [2.75, 3.05) is 13.2 Å². The number of ether oxygens (including phenoxy) is 3. The molecule has 1 N–H and O–H groups in total. The number of hydrogen-bond donors (Lipinski definition) is 1. The number of hydrogen-bond acceptors (Lipinski definition) is 7. The zero-order chi connectivity index (χ0) is 27.1. The number of esters is 1. The Balaban J connectivity index is 1.67. The smallest absolute Gasteiger partial charge is 0.344 e. The Labute approximate surface area is 235 Å². The number of benzene rings is 3. The Morgan fingerprint density at radius 1 is 1.00 bits per heavy atom. The molecule has 0 unspecified atom stereocenters. The topological polar surface area (TPSA) is 77.4 Å². The summed E-state index contributed by atoms with van der Waals surface area (Å²) in [5.74, 6) is 0.376. The lowest BCUT2D eigenvalue weighted by Gasteiger charge is -2.14. The van der Waals surface area contributed by atoms with E-state index >= 15 is 0 Å². The minimum absolute atomic E-state index is 0.0474. The highest BCUT2D eigenvalue weighted by atomic mass is 79.9. The summed E-state index contributed by atoms with van der Waals surface area (Å²) in [5, 5.41) is 11.4. The van der Waals surface area contributed by atoms with Gasteiger partial charge in [0.2, 0.25) is 0 Å². The Hall–Kier alpha value is -3.49. The quantitative estimate of drug-likeness (QED) is 0.254. The van der Waals surface area contributed by atoms with Crippen LogP contribution in [0.3, 0.4) is 0 Å². The molecule has 38 heavy (non-hydrogen) atoms. The lowest BCUT2D eigenvalue weighted by Crippen LogP contribution is -2.12. The maximum atomic E-state index is 12.7. The summed E-state index contributed by atoms with van der Waals surface area (Å²) >= 11 is 4.83. The van der Waals surface area contributed by atoms with Crippen LogP contribution in [0.25, 0.3) is 6.08 Å². The number of aliphatic hydroxyl groups is 1. The van der Waals surface area contributed by atoms with E-state index < -0.39 is 5.97 Å². The number of nitrogens with zero attached hydrogens (tertiary/aromatic N) is 1. The van der Waals surface area contributed by atoms with E-state index in [4.69, 9.17) is 14.2 Å². The van der Waals surface area contributed by atoms with Crippen molar-refractivity contribution >= 4 is 50.5 Å². The van der Waals surface area contributed by atoms with Crippen molar-refractivity contribution in [3.8, 4) is 11.5 Å². The second kappa shape index (κ2) is 12.8. The molecule has 0 fully saturated rings. The molecule has 0 atom stereocenters. The fourth-order valence-corrected chi connectivity index (χ4v) is 5.10. The van der Waals surface area contributed by atoms with Gasteiger partial charge in [-0.25, -0.2) is 9.79 Å². The zero-order valence-electron chi connectivity index (χ0n) is 21.4. The van der Waals surface area contributed by atoms with Gasteiger partial charge in [0.25, 0.3) is 0 Å². The molecular weight excluding hydrogens is 566 g/mol. The number of halogens is 1. The summed E-state index contributed by atoms with van der Waals surface area (Å²) in [6.07, 6.45) is 1.78. The van der Waals surface area contributed by atoms with Crippen LogP contribution < -0.4 is 9.47 Å². The number of rotatable bonds is 9. The first kappa shape index (κ1) is 27.5. The van der Waals surface area contributed by atoms with E-state index in [1.807, 2.05) is 80.6 Å². The van der Waals surface area contributed by atoms with E-state index in [1.165, 1.54) is 17.3 Å². The third kappa shape index (κ3) is 6.68. The molecule has 0 aromatic heterocycles. The van der Waals surface area contributed by atoms with Gasteiger partial charge in [-0.15, -0.1) is 0 Å². The lowest BCUT2D eigenvalue weighted by atomic mass is 10.1. The average Bonchev–Trinajstić information content (AvgIpc) is 3.21. The Morgan fingerprint density at radius 2 is 1.71 bits per heavy atom. The zero-order valence-corrected chi connectivity index (χ0v) is 23.8. The fourth-order valence-electron chi connectivity index (χ4n) is 3.64. The summed E-state index contributed by atoms with van der Waals surface area (Å²) in [7, 11) is 0. The predicted octanol–water partition coefficient (Wildman–Crippen LogP) is 7.93. The monoisotopic (exact) mass is 593 g/mol. The molecule has 0 bridgehead atoms. The first-order valence-electron chi connectivity index (χ1n) is 12.2. The molecule has 3 aromatic carbocycles. The molecule has 8 heteroatoms. The molecule has 0 saturated carbocycles. The summed E-state index contributed by atoms with van der Waals surface area (Å²) in [4.78, 5) is 17.8. The number of aliphatic imine (C=N–C) groups is 1. The Bertz CT molecular complexity index is 1400. The van der Waals surface area contributed by atoms with Gasteiger partial charge in [0, 0.05) is 4.47 Å². The Kier molecular flexibility index (Phi) is 9.31. The molecule has 3 aromatic rings. The van der Waals surface area contributed by atoms with Gasteiger partial charge in [-0.1, -0.05) is 75.7 Å². The Morgan fingerprint density at radius 3 is 2.39 bits per heavy atom. The molecule has 0 saturated heterocycles. The van der Waals surface area contributed by atoms with Crippen LogP contribution in [-0.2, 0) is 16.1 Å². The van der Waals surface area contributed by atoms with Gasteiger partial charge in [0.05, 0.1) is 23.8 Å². The van der Waals surface area contributed by atoms with Crippen LogP contribution in [0.2, 0.25) is 0 Å². The van der Waals surface area contributed by atoms with Gasteiger partial charge in [0.1, 0.15) is 23.0 Å². The van der Waals surface area contributed by atoms with Gasteiger partial charge in [-0.3, -0.25) is 0 Å². The van der Waals surface area contributed by atoms with Gasteiger partial charge in [-0.2, -0.15) is 0 Å². The molecular formula is C30H28BrNO5S. The highest BCUT2D eigenvalue weighted by molar-refractivity contribution is 9.10. The van der Waals surface area contributed by atoms with Crippen LogP contribution >= 0.6 is 27.7 Å². The van der Waals surface area contributed by atoms with Gasteiger partial charge < -0.3 is 19.3 Å². The third-order valence-electron chi connectivity index (χ3n) is 5.52. The lowest BCUT2D eigenvalue weighted by molar-refractivity contribution is -0.138. The van der Waals surface area contributed by atoms with Crippen molar-refractivity contribution in [2.24, 2.45) is 4.99 Å². The molecule has 0 amide bonds. The van der Waals surface area contributed by atoms with Crippen LogP contribution in [0, 0.1) is 6.92 Å². The van der Waals surface area contributed by atoms with E-state index in [0.717, 1.165) is 15.6 Å². The van der Waals surface area contributed by atoms with Crippen LogP contribution in [0.15, 0.2) is 92.4 Å². The average molecular weight is 595 g/mol. The second-order valence-corrected chi connectivity index (χ2v) is 10.2. The van der Waals surface area contributed by atoms with E-state index in [1.54, 1.807) is 13.0 Å². The molecule has 0 aliphatic carbocycles. The van der Waals surface area contributed by atoms with Crippen LogP contribution in [0.5, 0.6) is 11.5 Å². The summed E-state index contributed by atoms with van der Waals surface area (Å²) in [5.41, 5.74) is 3.70. The number of aliphatic hydroxyl groups excluding tert-OH is 1. The molecule has 1 heterocycles. The normalized spacial score (nSPS) is 15.3. The predicted molar refractivity (Wildman–Crippen MR) is 156 cm³/mol. The highest BCUT2D eigenvalue weighted by Crippen LogP contribution is 2.42. The standard InChI is InChI=1S/C30H28BrNO5S/c1-4-35-24-15-21(23(31)17-25(24)37-18-20-13-11-19(3)12-14-20)16-26-28(33)27(30(34)36-5-2)29(38-26)32-22-9-7-6-8-10-22/h6-17,33H,4-5,18H2,1-3H3/b26-16-,32-29?. The maximum absolute atomic E-state index is 12.7. The van der Waals surface area contributed by atoms with Crippen molar-refractivity contribution in [3.05, 3.63) is 104 Å². The minimum Gasteiger partial charge on any atom is -0.506 e. The number of aryl methyl sites for hydroxylation is 1. The SMILES string of the molecule is CCOC(=O)C1=C(O)/C(=C/c2cc(OCC)c(OCc3ccc(C)cc3)cc2Br)SC1=Nc1ccccc1. The van der Waals surface area contributed by atoms with Crippen molar-refractivity contribution in [1.29, 1.82) is 0 Å². The van der Waals surface area contributed by atoms with Crippen LogP contribution in [0.1, 0.15) is 30.5 Å². The second-order valence-electron chi connectivity index (χ2n) is 8.33. The van der Waals surface area contributed by atoms with Gasteiger partial charge >= 0.3 is 5.97 Å². The summed E-state index contributed by atoms with van der Waals surface area (Å²) < 4.78 is 17.9. The summed E-state index contributed by atoms with van der Waals surface area (Å²) in [6.45, 7) is 6.71. The molecule has 0 radical (unpaired) electrons. The molecule has 0 spiro atoms. The number of carbonyl (C=O) groups is 1. The molecule has 196 valence electrons. The van der Waals surface area contributed by atoms with Crippen molar-refractivity contribution in [2.45, 2.75) is 27.4 Å². The third-order valence-corrected chi connectivity index (χ3v) is 7.23. The largest absolute Gasteiger partial charge is 0.506 e. The number of thioether (sulfide) groups is 1. The number of para-hydroxylation sites is 1. The van der Waals surface area contributed by atoms with Crippen molar-refractivity contribution in [1.82, 2.24) is 0 Å². The van der Waals surface area contributed by atoms with Gasteiger partial charge in [-0.05, 0) is 62.2 Å². The van der Waals surface area contributed by atoms with E-state index in [0.29, 0.717) is 40.3 Å². The van der Waals surface area contributed by atoms with Crippen LogP contribution in [-0.4, -0.2) is 29.3 Å². The highest BCUT2D eigenvalue weighted by Gasteiger charge is 2.33. The summed E-state index contributed by atoms with van der Waals surface area (Å²) in [6, 6.07) is 21.1. The first-order chi connectivity index (χ1) is 18.4. The van der Waals surface area contributed by atoms with Crippen molar-refractivity contribution in [3.63, 3.8) is 0 Å². The van der Waals surface area contributed by atoms with Gasteiger partial charge in [0.15, 0.2) is 11.5 Å². The molecule has 4 rings (SSSR count). The molecule has 1 aliphatic heterocycles. The molecule has 6 nitrogen and oxygen atoms in total. The van der Waals surface area contributed by atoms with E-state index in [9.17, 15) is 9.90 Å². The minimum atomic E-state index is -0.621. The van der Waals surface area contributed by atoms with E-state index in [-0.39, 0.29) is 17.9 Å². The maximum Gasteiger partial charge on any atom is 0.344 e. The molecule has 1 aliphatic rings. The van der Waals surface area contributed by atoms with E-state index in [2.05, 4.69) is 20.9 Å². The van der Waals surface area contributed by atoms with Crippen LogP contribution in [0.4, 0.5) is 5.69 Å². The number of carbonyl (C=O) groups excluding carboxylic acids is 1.